The maximum atomic E-state index is 5.65. The summed E-state index contributed by atoms with van der Waals surface area (Å²) in [7, 11) is 0. The average Bonchev–Trinajstić information content (AvgIpc) is 2.63. The summed E-state index contributed by atoms with van der Waals surface area (Å²) >= 11 is 5.18. The summed E-state index contributed by atoms with van der Waals surface area (Å²) in [5.41, 5.74) is 2.46. The molecule has 1 aromatic rings. The van der Waals surface area contributed by atoms with Crippen molar-refractivity contribution in [3.05, 3.63) is 28.0 Å². The van der Waals surface area contributed by atoms with Crippen LogP contribution in [0.2, 0.25) is 0 Å². The van der Waals surface area contributed by atoms with Gasteiger partial charge < -0.3 is 9.30 Å². The predicted molar refractivity (Wildman–Crippen MR) is 63.7 cm³/mol. The minimum absolute atomic E-state index is 0.392. The van der Waals surface area contributed by atoms with Crippen LogP contribution >= 0.6 is 12.2 Å². The molecule has 1 atom stereocenters. The Hall–Kier alpha value is -0.670. The van der Waals surface area contributed by atoms with Gasteiger partial charge in [-0.3, -0.25) is 0 Å². The maximum Gasteiger partial charge on any atom is 0.0754 e. The normalized spacial score (nSPS) is 20.8. The molecule has 1 aliphatic rings. The number of hydrogen-bond donors (Lipinski definition) is 0. The molecule has 3 heteroatoms. The molecule has 1 aromatic heterocycles. The van der Waals surface area contributed by atoms with Gasteiger partial charge in [0.2, 0.25) is 0 Å². The van der Waals surface area contributed by atoms with Gasteiger partial charge in [-0.2, -0.15) is 0 Å². The van der Waals surface area contributed by atoms with E-state index in [-0.39, 0.29) is 0 Å². The third-order valence-corrected chi connectivity index (χ3v) is 3.20. The van der Waals surface area contributed by atoms with Crippen molar-refractivity contribution in [3.8, 4) is 0 Å². The van der Waals surface area contributed by atoms with Gasteiger partial charge >= 0.3 is 0 Å². The van der Waals surface area contributed by atoms with E-state index in [1.807, 2.05) is 0 Å². The van der Waals surface area contributed by atoms with E-state index in [9.17, 15) is 0 Å². The Morgan fingerprint density at radius 1 is 1.40 bits per heavy atom. The molecule has 0 aliphatic carbocycles. The fourth-order valence-corrected chi connectivity index (χ4v) is 2.51. The second kappa shape index (κ2) is 4.45. The summed E-state index contributed by atoms with van der Waals surface area (Å²) in [6.45, 7) is 6.10. The Balaban J connectivity index is 2.23. The summed E-state index contributed by atoms with van der Waals surface area (Å²) in [5, 5.41) is 0. The van der Waals surface area contributed by atoms with Crippen LogP contribution in [-0.2, 0) is 11.3 Å². The first kappa shape index (κ1) is 10.8. The molecule has 0 bridgehead atoms. The van der Waals surface area contributed by atoms with Gasteiger partial charge in [-0.05, 0) is 38.8 Å². The van der Waals surface area contributed by atoms with Crippen LogP contribution in [0.1, 0.15) is 24.2 Å². The van der Waals surface area contributed by atoms with Gasteiger partial charge in [-0.25, -0.2) is 0 Å². The molecule has 2 nitrogen and oxygen atoms in total. The van der Waals surface area contributed by atoms with Crippen LogP contribution in [0.3, 0.4) is 0 Å². The molecular formula is C12H17NOS. The van der Waals surface area contributed by atoms with Crippen LogP contribution in [0.5, 0.6) is 0 Å². The molecule has 2 rings (SSSR count). The van der Waals surface area contributed by atoms with Gasteiger partial charge in [0.1, 0.15) is 0 Å². The largest absolute Gasteiger partial charge is 0.376 e. The van der Waals surface area contributed by atoms with Crippen molar-refractivity contribution in [1.82, 2.24) is 4.57 Å². The van der Waals surface area contributed by atoms with Crippen LogP contribution in [0.15, 0.2) is 12.1 Å². The van der Waals surface area contributed by atoms with Crippen molar-refractivity contribution in [1.29, 1.82) is 0 Å². The molecule has 0 unspecified atom stereocenters. The Labute approximate surface area is 95.9 Å². The van der Waals surface area contributed by atoms with E-state index >= 15 is 0 Å². The number of pyridine rings is 1. The molecule has 0 radical (unpaired) electrons. The van der Waals surface area contributed by atoms with E-state index in [0.717, 1.165) is 17.7 Å². The molecule has 1 aliphatic heterocycles. The summed E-state index contributed by atoms with van der Waals surface area (Å²) in [5.74, 6) is 0. The van der Waals surface area contributed by atoms with Crippen LogP contribution < -0.4 is 0 Å². The van der Waals surface area contributed by atoms with E-state index < -0.39 is 0 Å². The molecule has 2 heterocycles. The molecule has 0 saturated carbocycles. The van der Waals surface area contributed by atoms with Crippen LogP contribution in [0.25, 0.3) is 0 Å². The zero-order valence-corrected chi connectivity index (χ0v) is 10.1. The highest BCUT2D eigenvalue weighted by atomic mass is 32.1. The second-order valence-corrected chi connectivity index (χ2v) is 4.69. The molecule has 0 spiro atoms. The number of rotatable bonds is 2. The van der Waals surface area contributed by atoms with E-state index in [1.165, 1.54) is 24.2 Å². The Morgan fingerprint density at radius 3 is 2.60 bits per heavy atom. The minimum Gasteiger partial charge on any atom is -0.376 e. The minimum atomic E-state index is 0.392. The predicted octanol–water partition coefficient (Wildman–Crippen LogP) is 3.01. The van der Waals surface area contributed by atoms with E-state index in [0.29, 0.717) is 6.10 Å². The second-order valence-electron chi connectivity index (χ2n) is 4.22. The zero-order chi connectivity index (χ0) is 10.8. The Morgan fingerprint density at radius 2 is 2.07 bits per heavy atom. The SMILES string of the molecule is Cc1cc(=S)cc(C)n1C[C@@H]1CCCO1. The highest BCUT2D eigenvalue weighted by Gasteiger charge is 2.16. The smallest absolute Gasteiger partial charge is 0.0754 e. The molecule has 0 N–H and O–H groups in total. The van der Waals surface area contributed by atoms with Crippen molar-refractivity contribution in [3.63, 3.8) is 0 Å². The number of aromatic nitrogens is 1. The lowest BCUT2D eigenvalue weighted by Crippen LogP contribution is -2.18. The third-order valence-electron chi connectivity index (χ3n) is 2.96. The highest BCUT2D eigenvalue weighted by molar-refractivity contribution is 7.71. The van der Waals surface area contributed by atoms with Gasteiger partial charge in [0.15, 0.2) is 0 Å². The van der Waals surface area contributed by atoms with E-state index in [2.05, 4.69) is 30.5 Å². The molecule has 15 heavy (non-hydrogen) atoms. The maximum absolute atomic E-state index is 5.65. The molecule has 0 aromatic carbocycles. The van der Waals surface area contributed by atoms with Gasteiger partial charge in [0.05, 0.1) is 6.10 Å². The summed E-state index contributed by atoms with van der Waals surface area (Å²) in [6, 6.07) is 4.11. The Bertz CT molecular complexity index is 378. The van der Waals surface area contributed by atoms with Crippen molar-refractivity contribution in [2.45, 2.75) is 39.3 Å². The number of ether oxygens (including phenoxy) is 1. The molecule has 1 fully saturated rings. The van der Waals surface area contributed by atoms with Crippen LogP contribution in [0, 0.1) is 18.4 Å². The fraction of sp³-hybridized carbons (Fsp3) is 0.583. The quantitative estimate of drug-likeness (QED) is 0.715. The number of hydrogen-bond acceptors (Lipinski definition) is 2. The van der Waals surface area contributed by atoms with Gasteiger partial charge in [-0.1, -0.05) is 12.2 Å². The molecule has 0 amide bonds. The van der Waals surface area contributed by atoms with E-state index in [1.54, 1.807) is 0 Å². The molecule has 82 valence electrons. The fourth-order valence-electron chi connectivity index (χ4n) is 2.17. The summed E-state index contributed by atoms with van der Waals surface area (Å²) in [6.07, 6.45) is 2.77. The van der Waals surface area contributed by atoms with Crippen LogP contribution in [-0.4, -0.2) is 17.3 Å². The summed E-state index contributed by atoms with van der Waals surface area (Å²) in [4.78, 5) is 0. The lowest BCUT2D eigenvalue weighted by molar-refractivity contribution is 0.0959. The summed E-state index contributed by atoms with van der Waals surface area (Å²) < 4.78 is 8.87. The first-order valence-corrected chi connectivity index (χ1v) is 5.87. The number of aryl methyl sites for hydroxylation is 2. The zero-order valence-electron chi connectivity index (χ0n) is 9.32. The van der Waals surface area contributed by atoms with Gasteiger partial charge in [-0.15, -0.1) is 0 Å². The topological polar surface area (TPSA) is 14.2 Å². The third kappa shape index (κ3) is 2.47. The lowest BCUT2D eigenvalue weighted by atomic mass is 10.2. The lowest BCUT2D eigenvalue weighted by Gasteiger charge is -2.18. The molecule has 1 saturated heterocycles. The van der Waals surface area contributed by atoms with Crippen molar-refractivity contribution in [2.75, 3.05) is 6.61 Å². The first-order chi connectivity index (χ1) is 7.16. The average molecular weight is 223 g/mol. The first-order valence-electron chi connectivity index (χ1n) is 5.46. The van der Waals surface area contributed by atoms with Gasteiger partial charge in [0.25, 0.3) is 0 Å². The Kier molecular flexibility index (Phi) is 3.22. The van der Waals surface area contributed by atoms with Gasteiger partial charge in [0, 0.05) is 29.0 Å². The van der Waals surface area contributed by atoms with Crippen LogP contribution in [0.4, 0.5) is 0 Å². The van der Waals surface area contributed by atoms with E-state index in [4.69, 9.17) is 17.0 Å². The highest BCUT2D eigenvalue weighted by Crippen LogP contribution is 2.16. The van der Waals surface area contributed by atoms with Crippen molar-refractivity contribution < 1.29 is 4.74 Å². The van der Waals surface area contributed by atoms with Crippen molar-refractivity contribution in [2.24, 2.45) is 0 Å². The standard InChI is InChI=1S/C12H17NOS/c1-9-6-12(15)7-10(2)13(9)8-11-4-3-5-14-11/h6-7,11H,3-5,8H2,1-2H3/t11-/m0/s1. The number of nitrogens with zero attached hydrogens (tertiary/aromatic N) is 1. The monoisotopic (exact) mass is 223 g/mol. The molecular weight excluding hydrogens is 206 g/mol. The van der Waals surface area contributed by atoms with Crippen molar-refractivity contribution >= 4 is 12.2 Å².